The van der Waals surface area contributed by atoms with Crippen LogP contribution in [0.2, 0.25) is 0 Å². The zero-order chi connectivity index (χ0) is 28.8. The van der Waals surface area contributed by atoms with Gasteiger partial charge in [-0.1, -0.05) is 12.8 Å². The van der Waals surface area contributed by atoms with Gasteiger partial charge in [-0.3, -0.25) is 24.2 Å². The van der Waals surface area contributed by atoms with Crippen molar-refractivity contribution in [3.8, 4) is 0 Å². The van der Waals surface area contributed by atoms with Gasteiger partial charge in [0, 0.05) is 24.8 Å². The van der Waals surface area contributed by atoms with Gasteiger partial charge in [-0.15, -0.1) is 0 Å². The van der Waals surface area contributed by atoms with E-state index in [4.69, 9.17) is 9.47 Å². The van der Waals surface area contributed by atoms with Crippen molar-refractivity contribution >= 4 is 29.5 Å². The minimum atomic E-state index is -1.06. The molecule has 0 aromatic carbocycles. The summed E-state index contributed by atoms with van der Waals surface area (Å²) >= 11 is 0. The molecule has 1 aromatic rings. The Morgan fingerprint density at radius 2 is 1.82 bits per heavy atom. The van der Waals surface area contributed by atoms with Crippen LogP contribution in [-0.2, 0) is 28.7 Å². The highest BCUT2D eigenvalue weighted by Crippen LogP contribution is 2.33. The van der Waals surface area contributed by atoms with Crippen LogP contribution in [-0.4, -0.2) is 72.4 Å². The molecule has 218 valence electrons. The molecular weight excluding hydrogens is 516 g/mol. The Morgan fingerprint density at radius 1 is 1.05 bits per heavy atom. The molecule has 0 bridgehead atoms. The lowest BCUT2D eigenvalue weighted by Gasteiger charge is -2.28. The Hall–Kier alpha value is -3.34. The van der Waals surface area contributed by atoms with Crippen LogP contribution in [0.1, 0.15) is 78.7 Å². The number of Topliss-reactive ketones (excluding diaryl/α,β-unsaturated/α-hetero) is 1. The molecule has 3 heterocycles. The Kier molecular flexibility index (Phi) is 9.89. The molecule has 4 atom stereocenters. The molecule has 1 aromatic heterocycles. The van der Waals surface area contributed by atoms with Crippen LogP contribution in [0.25, 0.3) is 0 Å². The molecular formula is C29H40N4O7. The van der Waals surface area contributed by atoms with E-state index in [1.807, 2.05) is 6.92 Å². The second-order valence-corrected chi connectivity index (χ2v) is 11.3. The third-order valence-corrected chi connectivity index (χ3v) is 7.82. The molecule has 3 aliphatic rings. The van der Waals surface area contributed by atoms with E-state index < -0.39 is 48.4 Å². The molecule has 2 aliphatic heterocycles. The summed E-state index contributed by atoms with van der Waals surface area (Å²) in [5.74, 6) is -2.33. The van der Waals surface area contributed by atoms with Gasteiger partial charge in [0.05, 0.1) is 17.3 Å². The lowest BCUT2D eigenvalue weighted by molar-refractivity contribution is -0.136. The summed E-state index contributed by atoms with van der Waals surface area (Å²) in [5, 5.41) is 8.40. The van der Waals surface area contributed by atoms with Crippen LogP contribution < -0.4 is 16.0 Å². The first kappa shape index (κ1) is 29.6. The van der Waals surface area contributed by atoms with E-state index in [0.29, 0.717) is 55.2 Å². The highest BCUT2D eigenvalue weighted by Gasteiger charge is 2.36. The third-order valence-electron chi connectivity index (χ3n) is 7.82. The topological polar surface area (TPSA) is 153 Å². The maximum Gasteiger partial charge on any atom is 0.340 e. The van der Waals surface area contributed by atoms with Crippen molar-refractivity contribution in [3.05, 3.63) is 28.6 Å². The van der Waals surface area contributed by atoms with Gasteiger partial charge in [-0.05, 0) is 76.8 Å². The number of hydrogen-bond donors (Lipinski definition) is 3. The molecule has 0 unspecified atom stereocenters. The fourth-order valence-corrected chi connectivity index (χ4v) is 5.50. The number of piperidine rings is 1. The third kappa shape index (κ3) is 7.87. The SMILES string of the molecule is Cc1cc(C)c(C(=O)OCC(=O)[C@H](C[C@@H]2CCCNC2=O)NC(=O)[C@H](CC2CC2)NC(=O)[C@H]2CCCO2)c(C)n1. The van der Waals surface area contributed by atoms with Crippen LogP contribution in [0, 0.1) is 32.6 Å². The van der Waals surface area contributed by atoms with Crippen molar-refractivity contribution in [1.82, 2.24) is 20.9 Å². The second-order valence-electron chi connectivity index (χ2n) is 11.3. The lowest BCUT2D eigenvalue weighted by Crippen LogP contribution is -2.54. The van der Waals surface area contributed by atoms with Crippen LogP contribution in [0.5, 0.6) is 0 Å². The monoisotopic (exact) mass is 556 g/mol. The summed E-state index contributed by atoms with van der Waals surface area (Å²) in [7, 11) is 0. The molecule has 11 nitrogen and oxygen atoms in total. The molecule has 3 fully saturated rings. The van der Waals surface area contributed by atoms with E-state index in [0.717, 1.165) is 31.4 Å². The number of ketones is 1. The summed E-state index contributed by atoms with van der Waals surface area (Å²) in [6.45, 7) is 5.81. The van der Waals surface area contributed by atoms with E-state index in [2.05, 4.69) is 20.9 Å². The largest absolute Gasteiger partial charge is 0.454 e. The molecule has 40 heavy (non-hydrogen) atoms. The number of carbonyl (C=O) groups excluding carboxylic acids is 5. The fraction of sp³-hybridized carbons (Fsp3) is 0.655. The summed E-state index contributed by atoms with van der Waals surface area (Å²) in [5.41, 5.74) is 2.26. The van der Waals surface area contributed by atoms with Gasteiger partial charge in [0.25, 0.3) is 0 Å². The fourth-order valence-electron chi connectivity index (χ4n) is 5.50. The van der Waals surface area contributed by atoms with Gasteiger partial charge < -0.3 is 25.4 Å². The molecule has 1 aliphatic carbocycles. The van der Waals surface area contributed by atoms with Crippen molar-refractivity contribution < 1.29 is 33.4 Å². The van der Waals surface area contributed by atoms with E-state index in [1.165, 1.54) is 0 Å². The van der Waals surface area contributed by atoms with E-state index in [9.17, 15) is 24.0 Å². The minimum absolute atomic E-state index is 0.0773. The summed E-state index contributed by atoms with van der Waals surface area (Å²) in [6, 6.07) is -0.124. The number of carbonyl (C=O) groups is 5. The number of hydrogen-bond acceptors (Lipinski definition) is 8. The van der Waals surface area contributed by atoms with Gasteiger partial charge in [-0.25, -0.2) is 4.79 Å². The minimum Gasteiger partial charge on any atom is -0.454 e. The Morgan fingerprint density at radius 3 is 2.48 bits per heavy atom. The normalized spacial score (nSPS) is 22.1. The van der Waals surface area contributed by atoms with Crippen LogP contribution in [0.4, 0.5) is 0 Å². The number of esters is 1. The highest BCUT2D eigenvalue weighted by atomic mass is 16.5. The zero-order valence-electron chi connectivity index (χ0n) is 23.5. The van der Waals surface area contributed by atoms with Gasteiger partial charge >= 0.3 is 5.97 Å². The lowest BCUT2D eigenvalue weighted by atomic mass is 9.90. The van der Waals surface area contributed by atoms with Crippen LogP contribution in [0.3, 0.4) is 0 Å². The number of nitrogens with one attached hydrogen (secondary N) is 3. The number of nitrogens with zero attached hydrogens (tertiary/aromatic N) is 1. The molecule has 0 radical (unpaired) electrons. The average molecular weight is 557 g/mol. The number of aromatic nitrogens is 1. The van der Waals surface area contributed by atoms with Crippen molar-refractivity contribution in [2.24, 2.45) is 11.8 Å². The number of pyridine rings is 1. The molecule has 2 saturated heterocycles. The second kappa shape index (κ2) is 13.3. The number of aryl methyl sites for hydroxylation is 3. The zero-order valence-corrected chi connectivity index (χ0v) is 23.5. The van der Waals surface area contributed by atoms with E-state index in [-0.39, 0.29) is 18.2 Å². The maximum absolute atomic E-state index is 13.4. The molecule has 4 rings (SSSR count). The predicted molar refractivity (Wildman–Crippen MR) is 144 cm³/mol. The van der Waals surface area contributed by atoms with Gasteiger partial charge in [0.1, 0.15) is 12.1 Å². The first-order chi connectivity index (χ1) is 19.1. The highest BCUT2D eigenvalue weighted by molar-refractivity contribution is 5.97. The molecule has 3 amide bonds. The summed E-state index contributed by atoms with van der Waals surface area (Å²) in [6.07, 6.45) is 4.65. The maximum atomic E-state index is 13.4. The predicted octanol–water partition coefficient (Wildman–Crippen LogP) is 1.60. The van der Waals surface area contributed by atoms with E-state index >= 15 is 0 Å². The van der Waals surface area contributed by atoms with Crippen molar-refractivity contribution in [3.63, 3.8) is 0 Å². The standard InChI is InChI=1S/C29H40N4O7/c1-16-12-17(2)31-18(3)25(16)29(38)40-15-23(34)21(14-20-6-4-10-30-26(20)35)32-27(36)22(13-19-8-9-19)33-28(37)24-7-5-11-39-24/h12,19-22,24H,4-11,13-15H2,1-3H3,(H,30,35)(H,32,36)(H,33,37)/t20-,21-,22-,24+/m0/s1. The first-order valence-electron chi connectivity index (χ1n) is 14.3. The van der Waals surface area contributed by atoms with Gasteiger partial charge in [0.2, 0.25) is 17.7 Å². The van der Waals surface area contributed by atoms with Gasteiger partial charge in [-0.2, -0.15) is 0 Å². The Labute approximate surface area is 234 Å². The Bertz CT molecular complexity index is 1120. The first-order valence-corrected chi connectivity index (χ1v) is 14.3. The number of rotatable bonds is 12. The van der Waals surface area contributed by atoms with Crippen molar-refractivity contribution in [1.29, 1.82) is 0 Å². The Balaban J connectivity index is 1.45. The number of amides is 3. The van der Waals surface area contributed by atoms with E-state index in [1.54, 1.807) is 19.9 Å². The smallest absolute Gasteiger partial charge is 0.340 e. The molecule has 0 spiro atoms. The average Bonchev–Trinajstić information content (AvgIpc) is 3.54. The molecule has 1 saturated carbocycles. The molecule has 3 N–H and O–H groups in total. The summed E-state index contributed by atoms with van der Waals surface area (Å²) < 4.78 is 10.8. The number of ether oxygens (including phenoxy) is 2. The quantitative estimate of drug-likeness (QED) is 0.328. The van der Waals surface area contributed by atoms with Crippen LogP contribution >= 0.6 is 0 Å². The van der Waals surface area contributed by atoms with Crippen LogP contribution in [0.15, 0.2) is 6.07 Å². The van der Waals surface area contributed by atoms with Crippen molar-refractivity contribution in [2.45, 2.75) is 90.3 Å². The van der Waals surface area contributed by atoms with Gasteiger partial charge in [0.15, 0.2) is 12.4 Å². The van der Waals surface area contributed by atoms with Crippen molar-refractivity contribution in [2.75, 3.05) is 19.8 Å². The molecule has 11 heteroatoms. The summed E-state index contributed by atoms with van der Waals surface area (Å²) in [4.78, 5) is 69.2.